The lowest BCUT2D eigenvalue weighted by molar-refractivity contribution is 0.264. The molecule has 1 heterocycles. The lowest BCUT2D eigenvalue weighted by atomic mass is 10.2. The predicted molar refractivity (Wildman–Crippen MR) is 70.9 cm³/mol. The topological polar surface area (TPSA) is 29.5 Å². The Morgan fingerprint density at radius 2 is 2.18 bits per heavy atom. The number of hydrogen-bond acceptors (Lipinski definition) is 3. The van der Waals surface area contributed by atoms with E-state index in [0.717, 1.165) is 12.0 Å². The summed E-state index contributed by atoms with van der Waals surface area (Å²) in [5, 5.41) is 14.0. The molecule has 0 atom stereocenters. The molecule has 0 spiro atoms. The molecule has 2 nitrogen and oxygen atoms in total. The fraction of sp³-hybridized carbons (Fsp3) is 0.231. The molecular formula is C13H13ClO2S. The first-order valence-corrected chi connectivity index (χ1v) is 6.65. The Bertz CT molecular complexity index is 468. The molecule has 0 saturated carbocycles. The molecule has 0 fully saturated rings. The van der Waals surface area contributed by atoms with E-state index in [2.05, 4.69) is 16.8 Å². The molecule has 0 amide bonds. The van der Waals surface area contributed by atoms with Crippen molar-refractivity contribution in [3.8, 4) is 5.75 Å². The highest BCUT2D eigenvalue weighted by atomic mass is 35.5. The number of ether oxygens (including phenoxy) is 1. The number of aliphatic hydroxyl groups is 1. The molecule has 2 aromatic rings. The van der Waals surface area contributed by atoms with E-state index in [1.165, 1.54) is 5.56 Å². The fourth-order valence-corrected chi connectivity index (χ4v) is 2.42. The third-order valence-corrected chi connectivity index (χ3v) is 3.39. The highest BCUT2D eigenvalue weighted by molar-refractivity contribution is 7.07. The molecule has 1 aromatic heterocycles. The molecule has 0 aliphatic heterocycles. The van der Waals surface area contributed by atoms with Crippen LogP contribution in [0.4, 0.5) is 0 Å². The average molecular weight is 269 g/mol. The van der Waals surface area contributed by atoms with Gasteiger partial charge in [-0.25, -0.2) is 0 Å². The molecule has 0 bridgehead atoms. The highest BCUT2D eigenvalue weighted by Crippen LogP contribution is 2.23. The summed E-state index contributed by atoms with van der Waals surface area (Å²) >= 11 is 7.53. The Morgan fingerprint density at radius 3 is 2.88 bits per heavy atom. The maximum Gasteiger partial charge on any atom is 0.124 e. The molecule has 4 heteroatoms. The number of rotatable bonds is 5. The van der Waals surface area contributed by atoms with E-state index < -0.39 is 0 Å². The van der Waals surface area contributed by atoms with Gasteiger partial charge < -0.3 is 9.84 Å². The first-order valence-electron chi connectivity index (χ1n) is 5.33. The van der Waals surface area contributed by atoms with Crippen molar-refractivity contribution in [1.82, 2.24) is 0 Å². The van der Waals surface area contributed by atoms with Crippen LogP contribution in [0.25, 0.3) is 0 Å². The summed E-state index contributed by atoms with van der Waals surface area (Å²) in [6.07, 6.45) is 0.872. The number of thiophene rings is 1. The zero-order chi connectivity index (χ0) is 12.1. The molecule has 0 radical (unpaired) electrons. The third kappa shape index (κ3) is 3.46. The second-order valence-corrected chi connectivity index (χ2v) is 4.86. The predicted octanol–water partition coefficient (Wildman–Crippen LogP) is 3.52. The van der Waals surface area contributed by atoms with Gasteiger partial charge in [0, 0.05) is 17.0 Å². The van der Waals surface area contributed by atoms with Gasteiger partial charge in [0.05, 0.1) is 13.2 Å². The van der Waals surface area contributed by atoms with Crippen molar-refractivity contribution in [1.29, 1.82) is 0 Å². The summed E-state index contributed by atoms with van der Waals surface area (Å²) < 4.78 is 5.64. The van der Waals surface area contributed by atoms with E-state index in [1.807, 2.05) is 0 Å². The van der Waals surface area contributed by atoms with Gasteiger partial charge in [-0.3, -0.25) is 0 Å². The molecule has 0 unspecified atom stereocenters. The van der Waals surface area contributed by atoms with Gasteiger partial charge in [0.15, 0.2) is 0 Å². The Balaban J connectivity index is 1.94. The Hall–Kier alpha value is -1.03. The summed E-state index contributed by atoms with van der Waals surface area (Å²) in [4.78, 5) is 0. The molecule has 0 aliphatic rings. The monoisotopic (exact) mass is 268 g/mol. The summed E-state index contributed by atoms with van der Waals surface area (Å²) in [5.74, 6) is 0.701. The van der Waals surface area contributed by atoms with Gasteiger partial charge in [0.25, 0.3) is 0 Å². The van der Waals surface area contributed by atoms with Crippen LogP contribution in [0.1, 0.15) is 11.1 Å². The van der Waals surface area contributed by atoms with E-state index in [-0.39, 0.29) is 6.61 Å². The largest absolute Gasteiger partial charge is 0.493 e. The summed E-state index contributed by atoms with van der Waals surface area (Å²) in [5.41, 5.74) is 2.00. The standard InChI is InChI=1S/C13H13ClO2S/c14-12-1-2-13(11(7-12)8-15)16-5-3-10-4-6-17-9-10/h1-2,4,6-7,9,15H,3,5,8H2. The average Bonchev–Trinajstić information content (AvgIpc) is 2.84. The molecule has 0 saturated heterocycles. The van der Waals surface area contributed by atoms with E-state index in [9.17, 15) is 5.11 Å². The van der Waals surface area contributed by atoms with Gasteiger partial charge in [-0.05, 0) is 40.6 Å². The van der Waals surface area contributed by atoms with Crippen LogP contribution in [0.2, 0.25) is 5.02 Å². The van der Waals surface area contributed by atoms with E-state index in [1.54, 1.807) is 29.5 Å². The first-order chi connectivity index (χ1) is 8.29. The number of aliphatic hydroxyl groups excluding tert-OH is 1. The van der Waals surface area contributed by atoms with Gasteiger partial charge in [-0.2, -0.15) is 11.3 Å². The van der Waals surface area contributed by atoms with Crippen molar-refractivity contribution in [2.75, 3.05) is 6.61 Å². The Kier molecular flexibility index (Phi) is 4.42. The molecule has 0 aliphatic carbocycles. The maximum absolute atomic E-state index is 9.19. The van der Waals surface area contributed by atoms with Crippen LogP contribution in [0.15, 0.2) is 35.0 Å². The molecule has 1 aromatic carbocycles. The minimum atomic E-state index is -0.0612. The summed E-state index contributed by atoms with van der Waals surface area (Å²) in [6.45, 7) is 0.541. The maximum atomic E-state index is 9.19. The quantitative estimate of drug-likeness (QED) is 0.899. The van der Waals surface area contributed by atoms with Crippen molar-refractivity contribution < 1.29 is 9.84 Å². The Labute approximate surface area is 109 Å². The van der Waals surface area contributed by atoms with Crippen LogP contribution >= 0.6 is 22.9 Å². The number of halogens is 1. The van der Waals surface area contributed by atoms with Gasteiger partial charge in [0.2, 0.25) is 0 Å². The Morgan fingerprint density at radius 1 is 1.29 bits per heavy atom. The van der Waals surface area contributed by atoms with E-state index in [0.29, 0.717) is 17.4 Å². The molecule has 90 valence electrons. The normalized spacial score (nSPS) is 10.5. The lowest BCUT2D eigenvalue weighted by Crippen LogP contribution is -2.02. The van der Waals surface area contributed by atoms with E-state index in [4.69, 9.17) is 16.3 Å². The van der Waals surface area contributed by atoms with Crippen LogP contribution in [0, 0.1) is 0 Å². The third-order valence-electron chi connectivity index (χ3n) is 2.42. The second-order valence-electron chi connectivity index (χ2n) is 3.64. The van der Waals surface area contributed by atoms with Crippen molar-refractivity contribution in [3.63, 3.8) is 0 Å². The zero-order valence-electron chi connectivity index (χ0n) is 9.23. The van der Waals surface area contributed by atoms with Crippen LogP contribution in [-0.2, 0) is 13.0 Å². The van der Waals surface area contributed by atoms with Crippen molar-refractivity contribution in [2.24, 2.45) is 0 Å². The molecular weight excluding hydrogens is 256 g/mol. The van der Waals surface area contributed by atoms with Crippen LogP contribution in [0.3, 0.4) is 0 Å². The smallest absolute Gasteiger partial charge is 0.124 e. The van der Waals surface area contributed by atoms with E-state index >= 15 is 0 Å². The zero-order valence-corrected chi connectivity index (χ0v) is 10.8. The van der Waals surface area contributed by atoms with Crippen molar-refractivity contribution >= 4 is 22.9 Å². The van der Waals surface area contributed by atoms with Crippen molar-refractivity contribution in [3.05, 3.63) is 51.2 Å². The van der Waals surface area contributed by atoms with Crippen LogP contribution in [-0.4, -0.2) is 11.7 Å². The van der Waals surface area contributed by atoms with Crippen LogP contribution in [0.5, 0.6) is 5.75 Å². The van der Waals surface area contributed by atoms with Gasteiger partial charge in [-0.1, -0.05) is 11.6 Å². The number of hydrogen-bond donors (Lipinski definition) is 1. The van der Waals surface area contributed by atoms with Gasteiger partial charge in [0.1, 0.15) is 5.75 Å². The highest BCUT2D eigenvalue weighted by Gasteiger charge is 2.04. The van der Waals surface area contributed by atoms with Crippen LogP contribution < -0.4 is 4.74 Å². The number of benzene rings is 1. The molecule has 2 rings (SSSR count). The van der Waals surface area contributed by atoms with Crippen molar-refractivity contribution in [2.45, 2.75) is 13.0 Å². The minimum Gasteiger partial charge on any atom is -0.493 e. The van der Waals surface area contributed by atoms with Gasteiger partial charge >= 0.3 is 0 Å². The molecule has 1 N–H and O–H groups in total. The summed E-state index contributed by atoms with van der Waals surface area (Å²) in [7, 11) is 0. The SMILES string of the molecule is OCc1cc(Cl)ccc1OCCc1ccsc1. The second kappa shape index (κ2) is 6.05. The lowest BCUT2D eigenvalue weighted by Gasteiger charge is -2.09. The molecule has 17 heavy (non-hydrogen) atoms. The minimum absolute atomic E-state index is 0.0612. The summed E-state index contributed by atoms with van der Waals surface area (Å²) in [6, 6.07) is 7.37. The fourth-order valence-electron chi connectivity index (χ4n) is 1.53. The first kappa shape index (κ1) is 12.4. The van der Waals surface area contributed by atoms with Gasteiger partial charge in [-0.15, -0.1) is 0 Å².